The van der Waals surface area contributed by atoms with Gasteiger partial charge in [-0.05, 0) is 19.8 Å². The first-order valence-electron chi connectivity index (χ1n) is 7.21. The van der Waals surface area contributed by atoms with Crippen LogP contribution in [0.1, 0.15) is 65.2 Å². The molecule has 1 N–H and O–H groups in total. The molecule has 0 saturated heterocycles. The van der Waals surface area contributed by atoms with Gasteiger partial charge in [-0.15, -0.1) is 0 Å². The van der Waals surface area contributed by atoms with Crippen LogP contribution in [0.2, 0.25) is 0 Å². The van der Waals surface area contributed by atoms with Crippen LogP contribution in [-0.4, -0.2) is 35.2 Å². The predicted octanol–water partition coefficient (Wildman–Crippen LogP) is 3.18. The summed E-state index contributed by atoms with van der Waals surface area (Å²) in [5.74, 6) is 0. The summed E-state index contributed by atoms with van der Waals surface area (Å²) in [5.41, 5.74) is 0. The molecular formula is C14H28N2O. The SMILES string of the molecule is CCCCCCCCCC1N=CCN1C(C)O. The monoisotopic (exact) mass is 240 g/mol. The van der Waals surface area contributed by atoms with Gasteiger partial charge in [0, 0.05) is 12.8 Å². The topological polar surface area (TPSA) is 35.8 Å². The lowest BCUT2D eigenvalue weighted by Crippen LogP contribution is -2.37. The molecule has 0 aromatic carbocycles. The van der Waals surface area contributed by atoms with Gasteiger partial charge in [0.1, 0.15) is 12.4 Å². The molecule has 2 unspecified atom stereocenters. The summed E-state index contributed by atoms with van der Waals surface area (Å²) in [6.45, 7) is 4.88. The number of hydrogen-bond donors (Lipinski definition) is 1. The molecule has 0 bridgehead atoms. The van der Waals surface area contributed by atoms with Crippen LogP contribution in [0.15, 0.2) is 4.99 Å². The fraction of sp³-hybridized carbons (Fsp3) is 0.929. The number of rotatable bonds is 9. The Kier molecular flexibility index (Phi) is 7.45. The Morgan fingerprint density at radius 3 is 2.53 bits per heavy atom. The summed E-state index contributed by atoms with van der Waals surface area (Å²) in [4.78, 5) is 6.48. The lowest BCUT2D eigenvalue weighted by Gasteiger charge is -2.25. The number of nitrogens with zero attached hydrogens (tertiary/aromatic N) is 2. The zero-order valence-electron chi connectivity index (χ0n) is 11.4. The van der Waals surface area contributed by atoms with Crippen LogP contribution in [0.4, 0.5) is 0 Å². The van der Waals surface area contributed by atoms with Gasteiger partial charge in [0.15, 0.2) is 0 Å². The van der Waals surface area contributed by atoms with Gasteiger partial charge in [0.25, 0.3) is 0 Å². The molecule has 1 aliphatic rings. The maximum atomic E-state index is 9.57. The third-order valence-electron chi connectivity index (χ3n) is 3.50. The maximum Gasteiger partial charge on any atom is 0.106 e. The van der Waals surface area contributed by atoms with Crippen molar-refractivity contribution in [3.63, 3.8) is 0 Å². The maximum absolute atomic E-state index is 9.57. The van der Waals surface area contributed by atoms with Gasteiger partial charge in [-0.3, -0.25) is 9.89 Å². The number of hydrogen-bond acceptors (Lipinski definition) is 3. The quantitative estimate of drug-likeness (QED) is 0.628. The highest BCUT2D eigenvalue weighted by Crippen LogP contribution is 2.17. The Morgan fingerprint density at radius 1 is 1.24 bits per heavy atom. The zero-order valence-corrected chi connectivity index (χ0v) is 11.4. The average molecular weight is 240 g/mol. The molecule has 1 aliphatic heterocycles. The van der Waals surface area contributed by atoms with Crippen LogP contribution in [0.25, 0.3) is 0 Å². The Balaban J connectivity index is 2.00. The zero-order chi connectivity index (χ0) is 12.5. The van der Waals surface area contributed by atoms with Gasteiger partial charge in [-0.25, -0.2) is 0 Å². The van der Waals surface area contributed by atoms with E-state index < -0.39 is 0 Å². The second-order valence-electron chi connectivity index (χ2n) is 5.05. The lowest BCUT2D eigenvalue weighted by atomic mass is 10.1. The van der Waals surface area contributed by atoms with E-state index in [1.807, 2.05) is 13.1 Å². The van der Waals surface area contributed by atoms with Crippen LogP contribution >= 0.6 is 0 Å². The fourth-order valence-corrected chi connectivity index (χ4v) is 2.40. The highest BCUT2D eigenvalue weighted by molar-refractivity contribution is 5.62. The Hall–Kier alpha value is -0.410. The summed E-state index contributed by atoms with van der Waals surface area (Å²) < 4.78 is 0. The van der Waals surface area contributed by atoms with Gasteiger partial charge in [-0.1, -0.05) is 45.4 Å². The predicted molar refractivity (Wildman–Crippen MR) is 73.3 cm³/mol. The molecule has 0 radical (unpaired) electrons. The average Bonchev–Trinajstić information content (AvgIpc) is 2.76. The van der Waals surface area contributed by atoms with Gasteiger partial charge in [0.2, 0.25) is 0 Å². The smallest absolute Gasteiger partial charge is 0.106 e. The molecule has 0 saturated carbocycles. The highest BCUT2D eigenvalue weighted by Gasteiger charge is 2.23. The van der Waals surface area contributed by atoms with E-state index in [1.54, 1.807) is 0 Å². The molecule has 0 fully saturated rings. The molecule has 0 aliphatic carbocycles. The van der Waals surface area contributed by atoms with E-state index in [2.05, 4.69) is 16.8 Å². The highest BCUT2D eigenvalue weighted by atomic mass is 16.3. The normalized spacial score (nSPS) is 22.2. The van der Waals surface area contributed by atoms with Gasteiger partial charge in [0.05, 0.1) is 0 Å². The molecule has 3 heteroatoms. The Morgan fingerprint density at radius 2 is 1.88 bits per heavy atom. The van der Waals surface area contributed by atoms with E-state index in [9.17, 15) is 5.11 Å². The van der Waals surface area contributed by atoms with Crippen molar-refractivity contribution < 1.29 is 5.11 Å². The molecule has 100 valence electrons. The standard InChI is InChI=1S/C14H28N2O/c1-3-4-5-6-7-8-9-10-14-15-11-12-16(14)13(2)17/h11,13-14,17H,3-10,12H2,1-2H3. The number of aliphatic imine (C=N–C) groups is 1. The largest absolute Gasteiger partial charge is 0.379 e. The third-order valence-corrected chi connectivity index (χ3v) is 3.50. The number of unbranched alkanes of at least 4 members (excludes halogenated alkanes) is 6. The van der Waals surface area contributed by atoms with Crippen molar-refractivity contribution in [2.24, 2.45) is 4.99 Å². The molecule has 1 rings (SSSR count). The van der Waals surface area contributed by atoms with Crippen LogP contribution in [0, 0.1) is 0 Å². The Labute approximate surface area is 106 Å². The van der Waals surface area contributed by atoms with Crippen LogP contribution in [-0.2, 0) is 0 Å². The minimum absolute atomic E-state index is 0.227. The first-order chi connectivity index (χ1) is 8.25. The minimum atomic E-state index is -0.368. The third kappa shape index (κ3) is 5.64. The lowest BCUT2D eigenvalue weighted by molar-refractivity contribution is 0.00710. The van der Waals surface area contributed by atoms with E-state index >= 15 is 0 Å². The summed E-state index contributed by atoms with van der Waals surface area (Å²) in [6.07, 6.45) is 12.2. The van der Waals surface area contributed by atoms with Crippen molar-refractivity contribution in [2.75, 3.05) is 6.54 Å². The van der Waals surface area contributed by atoms with E-state index in [0.717, 1.165) is 13.0 Å². The number of aliphatic hydroxyl groups excluding tert-OH is 1. The van der Waals surface area contributed by atoms with Crippen LogP contribution in [0.3, 0.4) is 0 Å². The molecule has 0 amide bonds. The fourth-order valence-electron chi connectivity index (χ4n) is 2.40. The van der Waals surface area contributed by atoms with Crippen molar-refractivity contribution in [3.05, 3.63) is 0 Å². The van der Waals surface area contributed by atoms with Crippen molar-refractivity contribution >= 4 is 6.21 Å². The molecule has 1 heterocycles. The molecular weight excluding hydrogens is 212 g/mol. The molecule has 0 aromatic rings. The molecule has 3 nitrogen and oxygen atoms in total. The van der Waals surface area contributed by atoms with Crippen molar-refractivity contribution in [1.29, 1.82) is 0 Å². The van der Waals surface area contributed by atoms with E-state index in [0.29, 0.717) is 0 Å². The van der Waals surface area contributed by atoms with Gasteiger partial charge < -0.3 is 5.11 Å². The van der Waals surface area contributed by atoms with Crippen LogP contribution < -0.4 is 0 Å². The minimum Gasteiger partial charge on any atom is -0.379 e. The summed E-state index contributed by atoms with van der Waals surface area (Å²) in [6, 6.07) is 0. The number of aliphatic hydroxyl groups is 1. The van der Waals surface area contributed by atoms with Gasteiger partial charge >= 0.3 is 0 Å². The van der Waals surface area contributed by atoms with Gasteiger partial charge in [-0.2, -0.15) is 0 Å². The molecule has 17 heavy (non-hydrogen) atoms. The Bertz CT molecular complexity index is 216. The summed E-state index contributed by atoms with van der Waals surface area (Å²) in [7, 11) is 0. The first kappa shape index (κ1) is 14.7. The van der Waals surface area contributed by atoms with E-state index in [-0.39, 0.29) is 12.4 Å². The summed E-state index contributed by atoms with van der Waals surface area (Å²) in [5, 5.41) is 9.57. The second kappa shape index (κ2) is 8.65. The van der Waals surface area contributed by atoms with E-state index in [1.165, 1.54) is 44.9 Å². The van der Waals surface area contributed by atoms with E-state index in [4.69, 9.17) is 0 Å². The van der Waals surface area contributed by atoms with Crippen molar-refractivity contribution in [2.45, 2.75) is 77.6 Å². The van der Waals surface area contributed by atoms with Crippen molar-refractivity contribution in [1.82, 2.24) is 4.90 Å². The van der Waals surface area contributed by atoms with Crippen molar-refractivity contribution in [3.8, 4) is 0 Å². The molecule has 0 aromatic heterocycles. The molecule has 2 atom stereocenters. The first-order valence-corrected chi connectivity index (χ1v) is 7.21. The van der Waals surface area contributed by atoms with Crippen LogP contribution in [0.5, 0.6) is 0 Å². The molecule has 0 spiro atoms. The second-order valence-corrected chi connectivity index (χ2v) is 5.05. The summed E-state index contributed by atoms with van der Waals surface area (Å²) >= 11 is 0.